The van der Waals surface area contributed by atoms with Crippen LogP contribution in [0, 0.1) is 0 Å². The Labute approximate surface area is 195 Å². The van der Waals surface area contributed by atoms with Crippen LogP contribution >= 0.6 is 24.6 Å². The molecule has 0 N–H and O–H groups in total. The van der Waals surface area contributed by atoms with Gasteiger partial charge in [0.1, 0.15) is 0 Å². The molecule has 3 aromatic carbocycles. The van der Waals surface area contributed by atoms with E-state index in [9.17, 15) is 0 Å². The van der Waals surface area contributed by atoms with Crippen LogP contribution in [-0.4, -0.2) is 30.5 Å². The van der Waals surface area contributed by atoms with Gasteiger partial charge in [-0.2, -0.15) is 0 Å². The molecule has 1 unspecified atom stereocenters. The molecule has 12 heteroatoms. The van der Waals surface area contributed by atoms with Crippen LogP contribution in [0.15, 0.2) is 95.5 Å². The molecule has 174 valence electrons. The van der Waals surface area contributed by atoms with Crippen LogP contribution < -0.4 is 14.2 Å². The van der Waals surface area contributed by atoms with Crippen molar-refractivity contribution in [3.8, 4) is 17.2 Å². The second-order valence-electron chi connectivity index (χ2n) is 6.50. The van der Waals surface area contributed by atoms with Crippen molar-refractivity contribution in [1.29, 1.82) is 0 Å². The summed E-state index contributed by atoms with van der Waals surface area (Å²) in [4.78, 5) is 12.4. The molecule has 1 aliphatic rings. The van der Waals surface area contributed by atoms with Crippen LogP contribution in [0.3, 0.4) is 0 Å². The summed E-state index contributed by atoms with van der Waals surface area (Å²) < 4.78 is 31.7. The molecule has 0 aromatic heterocycles. The van der Waals surface area contributed by atoms with Gasteiger partial charge in [-0.25, -0.2) is 0 Å². The average molecular weight is 507 g/mol. The first kappa shape index (κ1) is 24.0. The molecule has 3 aromatic rings. The third-order valence-electron chi connectivity index (χ3n) is 4.57. The van der Waals surface area contributed by atoms with Crippen molar-refractivity contribution in [2.45, 2.75) is 0 Å². The molecule has 9 nitrogen and oxygen atoms in total. The van der Waals surface area contributed by atoms with E-state index in [-0.39, 0.29) is 0 Å². The Morgan fingerprint density at radius 3 is 1.61 bits per heavy atom. The van der Waals surface area contributed by atoms with Gasteiger partial charge in [0.05, 0.1) is 0 Å². The van der Waals surface area contributed by atoms with Gasteiger partial charge in [0, 0.05) is 0 Å². The zero-order valence-corrected chi connectivity index (χ0v) is 21.0. The first-order valence-corrected chi connectivity index (χ1v) is 13.7. The number of hydrogen-bond acceptors (Lipinski definition) is 9. The fraction of sp³-hybridized carbons (Fsp3) is 0.143. The second kappa shape index (κ2) is 10.4. The first-order chi connectivity index (χ1) is 16.1. The minimum atomic E-state index is -4.34. The summed E-state index contributed by atoms with van der Waals surface area (Å²) in [6, 6.07) is 27.9. The van der Waals surface area contributed by atoms with Gasteiger partial charge in [0.2, 0.25) is 0 Å². The number of rotatable bonds is 9. The molecule has 1 atom stereocenters. The van der Waals surface area contributed by atoms with Crippen molar-refractivity contribution in [3.05, 3.63) is 91.0 Å². The molecule has 0 amide bonds. The Kier molecular flexibility index (Phi) is 7.55. The molecule has 1 aliphatic heterocycles. The van der Waals surface area contributed by atoms with Crippen LogP contribution in [0.5, 0.6) is 17.2 Å². The van der Waals surface area contributed by atoms with Gasteiger partial charge in [-0.15, -0.1) is 0 Å². The van der Waals surface area contributed by atoms with Gasteiger partial charge in [0.25, 0.3) is 0 Å². The monoisotopic (exact) mass is 507 g/mol. The molecular formula is C21H24N3O6P3. The van der Waals surface area contributed by atoms with Crippen LogP contribution in [-0.2, 0) is 13.6 Å². The maximum absolute atomic E-state index is 6.40. The van der Waals surface area contributed by atoms with E-state index in [1.165, 1.54) is 25.9 Å². The van der Waals surface area contributed by atoms with E-state index in [0.29, 0.717) is 25.8 Å². The van der Waals surface area contributed by atoms with Crippen molar-refractivity contribution in [2.75, 3.05) is 21.3 Å². The van der Waals surface area contributed by atoms with E-state index < -0.39 is 16.0 Å². The summed E-state index contributed by atoms with van der Waals surface area (Å²) in [5, 5.41) is 0. The Morgan fingerprint density at radius 1 is 0.667 bits per heavy atom. The number of para-hydroxylation sites is 3. The Balaban J connectivity index is 1.82. The standard InChI is InChI=1S/C21H24N3O6P3/c1-25-33(26-2,27-3)22-31-23(28-19-13-7-4-8-14-19)32(30-21-17-11-6-12-18-21)24(33)29-20-15-9-5-10-16-20/h4-18H,1-3H3. The SMILES string of the molecule is COP1(OC)(OC)N=PN(Oc2ccccc2)P(Oc2ccccc2)N1Oc1ccccc1. The first-order valence-electron chi connectivity index (χ1n) is 9.86. The van der Waals surface area contributed by atoms with Crippen LogP contribution in [0.25, 0.3) is 0 Å². The summed E-state index contributed by atoms with van der Waals surface area (Å²) in [7, 11) is -1.45. The second-order valence-corrected chi connectivity index (χ2v) is 12.9. The van der Waals surface area contributed by atoms with E-state index in [4.69, 9.17) is 27.8 Å². The summed E-state index contributed by atoms with van der Waals surface area (Å²) in [6.07, 6.45) is 0. The van der Waals surface area contributed by atoms with E-state index in [0.717, 1.165) is 0 Å². The summed E-state index contributed by atoms with van der Waals surface area (Å²) >= 11 is 0. The van der Waals surface area contributed by atoms with Gasteiger partial charge >= 0.3 is 196 Å². The van der Waals surface area contributed by atoms with E-state index in [1.54, 1.807) is 16.7 Å². The van der Waals surface area contributed by atoms with Crippen LogP contribution in [0.1, 0.15) is 0 Å². The average Bonchev–Trinajstić information content (AvgIpc) is 2.89. The van der Waals surface area contributed by atoms with Gasteiger partial charge in [-0.1, -0.05) is 0 Å². The molecule has 0 radical (unpaired) electrons. The Bertz CT molecular complexity index is 1050. The molecule has 0 saturated carbocycles. The molecule has 4 rings (SSSR count). The van der Waals surface area contributed by atoms with Gasteiger partial charge < -0.3 is 0 Å². The molecule has 0 spiro atoms. The van der Waals surface area contributed by atoms with Crippen molar-refractivity contribution < 1.29 is 27.8 Å². The summed E-state index contributed by atoms with van der Waals surface area (Å²) in [5.74, 6) is 1.73. The predicted octanol–water partition coefficient (Wildman–Crippen LogP) is 7.01. The predicted molar refractivity (Wildman–Crippen MR) is 129 cm³/mol. The topological polar surface area (TPSA) is 74.2 Å². The third kappa shape index (κ3) is 4.87. The molecule has 0 bridgehead atoms. The zero-order chi connectivity index (χ0) is 23.2. The number of benzene rings is 3. The van der Waals surface area contributed by atoms with Gasteiger partial charge in [-0.05, 0) is 0 Å². The molecule has 0 saturated heterocycles. The maximum atomic E-state index is 6.40. The van der Waals surface area contributed by atoms with E-state index in [1.807, 2.05) is 78.9 Å². The Hall–Kier alpha value is -2.18. The fourth-order valence-electron chi connectivity index (χ4n) is 2.86. The molecule has 1 heterocycles. The van der Waals surface area contributed by atoms with Crippen LogP contribution in [0.4, 0.5) is 0 Å². The minimum absolute atomic E-state index is 0.361. The van der Waals surface area contributed by atoms with Gasteiger partial charge in [-0.3, -0.25) is 0 Å². The molecular weight excluding hydrogens is 483 g/mol. The molecule has 0 aliphatic carbocycles. The normalized spacial score (nSPS) is 21.4. The summed E-state index contributed by atoms with van der Waals surface area (Å²) in [5.41, 5.74) is 0. The van der Waals surface area contributed by atoms with Crippen molar-refractivity contribution in [1.82, 2.24) is 9.21 Å². The third-order valence-corrected chi connectivity index (χ3v) is 12.0. The number of nitrogens with zero attached hydrogens (tertiary/aromatic N) is 3. The Morgan fingerprint density at radius 2 is 1.12 bits per heavy atom. The van der Waals surface area contributed by atoms with Crippen molar-refractivity contribution in [3.63, 3.8) is 0 Å². The quantitative estimate of drug-likeness (QED) is 0.287. The number of hydrogen-bond donors (Lipinski definition) is 0. The van der Waals surface area contributed by atoms with E-state index in [2.05, 4.69) is 4.52 Å². The molecule has 0 fully saturated rings. The van der Waals surface area contributed by atoms with Crippen LogP contribution in [0.2, 0.25) is 0 Å². The van der Waals surface area contributed by atoms with Crippen molar-refractivity contribution >= 4 is 24.6 Å². The summed E-state index contributed by atoms with van der Waals surface area (Å²) in [6.45, 7) is 0. The zero-order valence-electron chi connectivity index (χ0n) is 18.3. The fourth-order valence-corrected chi connectivity index (χ4v) is 10.4. The van der Waals surface area contributed by atoms with Crippen molar-refractivity contribution in [2.24, 2.45) is 4.52 Å². The van der Waals surface area contributed by atoms with E-state index >= 15 is 0 Å². The molecule has 33 heavy (non-hydrogen) atoms. The van der Waals surface area contributed by atoms with Gasteiger partial charge in [0.15, 0.2) is 0 Å².